The van der Waals surface area contributed by atoms with Crippen molar-refractivity contribution in [2.45, 2.75) is 105 Å². The van der Waals surface area contributed by atoms with Gasteiger partial charge in [-0.25, -0.2) is 0 Å². The molecule has 0 aromatic heterocycles. The molecular formula is C28H46O. The van der Waals surface area contributed by atoms with Crippen molar-refractivity contribution in [3.8, 4) is 0 Å². The molecular weight excluding hydrogens is 352 g/mol. The molecule has 4 aliphatic carbocycles. The molecule has 0 spiro atoms. The molecule has 0 aromatic rings. The Labute approximate surface area is 180 Å². The zero-order chi connectivity index (χ0) is 21.0. The van der Waals surface area contributed by atoms with Gasteiger partial charge in [-0.3, -0.25) is 0 Å². The second-order valence-electron chi connectivity index (χ2n) is 12.2. The Balaban J connectivity index is 1.56. The summed E-state index contributed by atoms with van der Waals surface area (Å²) in [5.74, 6) is 4.52. The van der Waals surface area contributed by atoms with Gasteiger partial charge < -0.3 is 5.11 Å². The standard InChI is InChI=1S/C28H46O/c1-18(2)19(3)7-8-20(4)24-11-12-25-23-10-9-21-17-22(29)13-15-27(21,5)26(23)14-16-28(24,25)6/h7-8,18-22,24-25,29H,9-17H2,1-6H3. The molecule has 0 aliphatic heterocycles. The lowest BCUT2D eigenvalue weighted by molar-refractivity contribution is 0.0145. The first-order valence-corrected chi connectivity index (χ1v) is 12.8. The Kier molecular flexibility index (Phi) is 5.86. The summed E-state index contributed by atoms with van der Waals surface area (Å²) in [6, 6.07) is 0. The van der Waals surface area contributed by atoms with E-state index in [0.717, 1.165) is 36.5 Å². The van der Waals surface area contributed by atoms with Crippen LogP contribution in [0.4, 0.5) is 0 Å². The highest BCUT2D eigenvalue weighted by Gasteiger charge is 2.55. The van der Waals surface area contributed by atoms with E-state index in [1.807, 2.05) is 11.1 Å². The van der Waals surface area contributed by atoms with Crippen LogP contribution in [0.25, 0.3) is 0 Å². The van der Waals surface area contributed by atoms with Gasteiger partial charge in [0, 0.05) is 0 Å². The van der Waals surface area contributed by atoms with Gasteiger partial charge >= 0.3 is 0 Å². The zero-order valence-electron chi connectivity index (χ0n) is 20.0. The third-order valence-corrected chi connectivity index (χ3v) is 10.4. The topological polar surface area (TPSA) is 20.2 Å². The van der Waals surface area contributed by atoms with Gasteiger partial charge in [0.05, 0.1) is 6.10 Å². The van der Waals surface area contributed by atoms with E-state index in [1.165, 1.54) is 44.9 Å². The number of hydrogen-bond donors (Lipinski definition) is 1. The van der Waals surface area contributed by atoms with Gasteiger partial charge in [0.25, 0.3) is 0 Å². The molecule has 1 nitrogen and oxygen atoms in total. The maximum absolute atomic E-state index is 10.2. The smallest absolute Gasteiger partial charge is 0.0543 e. The normalized spacial score (nSPS) is 44.6. The summed E-state index contributed by atoms with van der Waals surface area (Å²) in [7, 11) is 0. The third kappa shape index (κ3) is 3.58. The molecule has 4 aliphatic rings. The minimum atomic E-state index is -0.0409. The Morgan fingerprint density at radius 2 is 1.69 bits per heavy atom. The summed E-state index contributed by atoms with van der Waals surface area (Å²) in [6.45, 7) is 14.7. The second-order valence-corrected chi connectivity index (χ2v) is 12.2. The molecule has 0 radical (unpaired) electrons. The average molecular weight is 399 g/mol. The van der Waals surface area contributed by atoms with Crippen LogP contribution in [0, 0.1) is 46.3 Å². The van der Waals surface area contributed by atoms with E-state index >= 15 is 0 Å². The van der Waals surface area contributed by atoms with Gasteiger partial charge in [-0.15, -0.1) is 0 Å². The third-order valence-electron chi connectivity index (χ3n) is 10.4. The molecule has 2 fully saturated rings. The van der Waals surface area contributed by atoms with Gasteiger partial charge in [0.1, 0.15) is 0 Å². The Bertz CT molecular complexity index is 672. The van der Waals surface area contributed by atoms with Gasteiger partial charge in [-0.1, -0.05) is 64.8 Å². The van der Waals surface area contributed by atoms with Gasteiger partial charge in [-0.05, 0) is 104 Å². The number of fused-ring (bicyclic) bond motifs is 4. The Morgan fingerprint density at radius 3 is 2.41 bits per heavy atom. The summed E-state index contributed by atoms with van der Waals surface area (Å²) < 4.78 is 0. The SMILES string of the molecule is CC(C)C(C)C=CC(C)C1CCC2C3=C(CCC21C)C1(C)CCC(O)CC1CC3. The number of rotatable bonds is 4. The zero-order valence-corrected chi connectivity index (χ0v) is 20.0. The van der Waals surface area contributed by atoms with Crippen LogP contribution in [0.3, 0.4) is 0 Å². The fourth-order valence-corrected chi connectivity index (χ4v) is 8.05. The molecule has 0 bridgehead atoms. The maximum atomic E-state index is 10.2. The summed E-state index contributed by atoms with van der Waals surface area (Å²) in [5, 5.41) is 10.2. The average Bonchev–Trinajstić information content (AvgIpc) is 3.03. The first-order chi connectivity index (χ1) is 13.7. The summed E-state index contributed by atoms with van der Waals surface area (Å²) >= 11 is 0. The van der Waals surface area contributed by atoms with Crippen molar-refractivity contribution in [3.05, 3.63) is 23.3 Å². The van der Waals surface area contributed by atoms with E-state index in [0.29, 0.717) is 22.7 Å². The molecule has 29 heavy (non-hydrogen) atoms. The van der Waals surface area contributed by atoms with E-state index in [2.05, 4.69) is 53.7 Å². The Morgan fingerprint density at radius 1 is 0.931 bits per heavy atom. The van der Waals surface area contributed by atoms with Crippen LogP contribution in [0.2, 0.25) is 0 Å². The van der Waals surface area contributed by atoms with E-state index in [4.69, 9.17) is 0 Å². The minimum absolute atomic E-state index is 0.0409. The summed E-state index contributed by atoms with van der Waals surface area (Å²) in [4.78, 5) is 0. The van der Waals surface area contributed by atoms with Crippen molar-refractivity contribution in [2.24, 2.45) is 46.3 Å². The van der Waals surface area contributed by atoms with Crippen LogP contribution in [-0.4, -0.2) is 11.2 Å². The van der Waals surface area contributed by atoms with E-state index in [-0.39, 0.29) is 6.10 Å². The molecule has 1 N–H and O–H groups in total. The van der Waals surface area contributed by atoms with Crippen LogP contribution in [0.15, 0.2) is 23.3 Å². The molecule has 2 saturated carbocycles. The van der Waals surface area contributed by atoms with Gasteiger partial charge in [0.15, 0.2) is 0 Å². The van der Waals surface area contributed by atoms with Crippen molar-refractivity contribution >= 4 is 0 Å². The van der Waals surface area contributed by atoms with Crippen molar-refractivity contribution in [2.75, 3.05) is 0 Å². The number of aliphatic hydroxyl groups excluding tert-OH is 1. The fourth-order valence-electron chi connectivity index (χ4n) is 8.05. The summed E-state index contributed by atoms with van der Waals surface area (Å²) in [5.41, 5.74) is 4.65. The van der Waals surface area contributed by atoms with Crippen LogP contribution in [-0.2, 0) is 0 Å². The highest BCUT2D eigenvalue weighted by molar-refractivity contribution is 5.34. The molecule has 1 heteroatoms. The monoisotopic (exact) mass is 398 g/mol. The van der Waals surface area contributed by atoms with Crippen LogP contribution in [0.5, 0.6) is 0 Å². The number of hydrogen-bond acceptors (Lipinski definition) is 1. The van der Waals surface area contributed by atoms with E-state index in [1.54, 1.807) is 0 Å². The van der Waals surface area contributed by atoms with Gasteiger partial charge in [-0.2, -0.15) is 0 Å². The molecule has 4 rings (SSSR count). The number of aliphatic hydroxyl groups is 1. The van der Waals surface area contributed by atoms with Crippen LogP contribution >= 0.6 is 0 Å². The van der Waals surface area contributed by atoms with Crippen molar-refractivity contribution < 1.29 is 5.11 Å². The van der Waals surface area contributed by atoms with E-state index < -0.39 is 0 Å². The van der Waals surface area contributed by atoms with Crippen molar-refractivity contribution in [3.63, 3.8) is 0 Å². The predicted molar refractivity (Wildman–Crippen MR) is 124 cm³/mol. The second kappa shape index (κ2) is 7.85. The molecule has 0 amide bonds. The Hall–Kier alpha value is -0.560. The van der Waals surface area contributed by atoms with Crippen molar-refractivity contribution in [1.29, 1.82) is 0 Å². The van der Waals surface area contributed by atoms with Crippen molar-refractivity contribution in [1.82, 2.24) is 0 Å². The lowest BCUT2D eigenvalue weighted by atomic mass is 9.50. The predicted octanol–water partition coefficient (Wildman–Crippen LogP) is 7.55. The largest absolute Gasteiger partial charge is 0.393 e. The van der Waals surface area contributed by atoms with Crippen LogP contribution < -0.4 is 0 Å². The molecule has 0 heterocycles. The van der Waals surface area contributed by atoms with E-state index in [9.17, 15) is 5.11 Å². The van der Waals surface area contributed by atoms with Crippen LogP contribution in [0.1, 0.15) is 99.3 Å². The fraction of sp³-hybridized carbons (Fsp3) is 0.857. The molecule has 8 atom stereocenters. The first-order valence-electron chi connectivity index (χ1n) is 12.8. The highest BCUT2D eigenvalue weighted by Crippen LogP contribution is 2.65. The van der Waals surface area contributed by atoms with Gasteiger partial charge in [0.2, 0.25) is 0 Å². The first kappa shape index (κ1) is 21.7. The lowest BCUT2D eigenvalue weighted by Crippen LogP contribution is -2.45. The maximum Gasteiger partial charge on any atom is 0.0543 e. The molecule has 0 aromatic carbocycles. The summed E-state index contributed by atoms with van der Waals surface area (Å²) in [6.07, 6.45) is 16.5. The lowest BCUT2D eigenvalue weighted by Gasteiger charge is -2.55. The molecule has 164 valence electrons. The highest BCUT2D eigenvalue weighted by atomic mass is 16.3. The molecule has 8 unspecified atom stereocenters. The quantitative estimate of drug-likeness (QED) is 0.484. The minimum Gasteiger partial charge on any atom is -0.393 e. The molecule has 0 saturated heterocycles. The number of allylic oxidation sites excluding steroid dienone is 4.